The van der Waals surface area contributed by atoms with E-state index in [1.165, 1.54) is 24.2 Å². The third-order valence-corrected chi connectivity index (χ3v) is 4.53. The summed E-state index contributed by atoms with van der Waals surface area (Å²) in [6.45, 7) is 3.72. The Labute approximate surface area is 117 Å². The fraction of sp³-hybridized carbons (Fsp3) is 0.643. The summed E-state index contributed by atoms with van der Waals surface area (Å²) in [5, 5.41) is 15.1. The van der Waals surface area contributed by atoms with Crippen LogP contribution in [0.4, 0.5) is 0 Å². The molecule has 1 saturated carbocycles. The van der Waals surface area contributed by atoms with E-state index in [-0.39, 0.29) is 6.10 Å². The summed E-state index contributed by atoms with van der Waals surface area (Å²) >= 11 is 1.70. The van der Waals surface area contributed by atoms with Crippen molar-refractivity contribution in [3.63, 3.8) is 0 Å². The second kappa shape index (κ2) is 5.61. The quantitative estimate of drug-likeness (QED) is 0.766. The van der Waals surface area contributed by atoms with E-state index in [0.717, 1.165) is 30.9 Å². The average Bonchev–Trinajstić information content (AvgIpc) is 3.06. The number of imidazole rings is 1. The van der Waals surface area contributed by atoms with Gasteiger partial charge in [0.25, 0.3) is 0 Å². The minimum atomic E-state index is -0.179. The lowest BCUT2D eigenvalue weighted by molar-refractivity contribution is 0.159. The Balaban J connectivity index is 1.65. The van der Waals surface area contributed by atoms with Gasteiger partial charge in [-0.3, -0.25) is 4.40 Å². The molecule has 1 aliphatic carbocycles. The number of rotatable bonds is 7. The van der Waals surface area contributed by atoms with Crippen LogP contribution < -0.4 is 5.32 Å². The lowest BCUT2D eigenvalue weighted by Crippen LogP contribution is -2.21. The number of nitrogens with one attached hydrogen (secondary N) is 1. The number of hydrogen-bond donors (Lipinski definition) is 2. The van der Waals surface area contributed by atoms with Crippen molar-refractivity contribution >= 4 is 16.3 Å². The molecule has 1 unspecified atom stereocenters. The van der Waals surface area contributed by atoms with Crippen molar-refractivity contribution in [2.24, 2.45) is 0 Å². The molecular weight excluding hydrogens is 258 g/mol. The Morgan fingerprint density at radius 2 is 2.42 bits per heavy atom. The molecule has 4 nitrogen and oxygen atoms in total. The number of aromatic nitrogens is 2. The van der Waals surface area contributed by atoms with E-state index in [0.29, 0.717) is 5.92 Å². The molecule has 0 bridgehead atoms. The van der Waals surface area contributed by atoms with Crippen molar-refractivity contribution in [2.75, 3.05) is 6.54 Å². The van der Waals surface area contributed by atoms with Crippen LogP contribution >= 0.6 is 11.3 Å². The van der Waals surface area contributed by atoms with E-state index in [1.54, 1.807) is 11.3 Å². The first-order valence-electron chi connectivity index (χ1n) is 7.12. The highest BCUT2D eigenvalue weighted by Crippen LogP contribution is 2.41. The van der Waals surface area contributed by atoms with E-state index in [1.807, 2.05) is 6.92 Å². The van der Waals surface area contributed by atoms with Gasteiger partial charge in [0.15, 0.2) is 4.96 Å². The molecule has 2 N–H and O–H groups in total. The van der Waals surface area contributed by atoms with Gasteiger partial charge in [-0.15, -0.1) is 11.3 Å². The van der Waals surface area contributed by atoms with Gasteiger partial charge >= 0.3 is 0 Å². The van der Waals surface area contributed by atoms with Crippen LogP contribution in [0.1, 0.15) is 49.9 Å². The van der Waals surface area contributed by atoms with Crippen molar-refractivity contribution in [3.05, 3.63) is 23.0 Å². The molecule has 0 radical (unpaired) electrons. The first-order chi connectivity index (χ1) is 9.29. The standard InChI is InChI=1S/C14H21N3OS/c1-2-11(18)5-6-15-9-12-13(10-3-4-10)16-14-17(12)7-8-19-14/h7-8,10-11,15,18H,2-6,9H2,1H3. The summed E-state index contributed by atoms with van der Waals surface area (Å²) in [4.78, 5) is 5.86. The van der Waals surface area contributed by atoms with Crippen molar-refractivity contribution in [2.45, 2.75) is 51.2 Å². The smallest absolute Gasteiger partial charge is 0.194 e. The van der Waals surface area contributed by atoms with E-state index in [9.17, 15) is 5.11 Å². The van der Waals surface area contributed by atoms with Crippen LogP contribution in [-0.2, 0) is 6.54 Å². The average molecular weight is 279 g/mol. The van der Waals surface area contributed by atoms with Crippen LogP contribution in [0.2, 0.25) is 0 Å². The number of thiazole rings is 1. The molecule has 5 heteroatoms. The lowest BCUT2D eigenvalue weighted by Gasteiger charge is -2.09. The molecule has 2 aromatic heterocycles. The topological polar surface area (TPSA) is 49.6 Å². The summed E-state index contributed by atoms with van der Waals surface area (Å²) in [5.74, 6) is 0.685. The van der Waals surface area contributed by atoms with Gasteiger partial charge in [0.2, 0.25) is 0 Å². The first kappa shape index (κ1) is 13.1. The summed E-state index contributed by atoms with van der Waals surface area (Å²) < 4.78 is 2.21. The van der Waals surface area contributed by atoms with Crippen LogP contribution in [0.3, 0.4) is 0 Å². The van der Waals surface area contributed by atoms with Crippen molar-refractivity contribution in [3.8, 4) is 0 Å². The SMILES string of the molecule is CCC(O)CCNCc1c(C2CC2)nc2sccn12. The second-order valence-electron chi connectivity index (χ2n) is 5.30. The number of aliphatic hydroxyl groups is 1. The molecule has 1 atom stereocenters. The second-order valence-corrected chi connectivity index (χ2v) is 6.17. The molecule has 0 amide bonds. The molecule has 0 aromatic carbocycles. The summed E-state index contributed by atoms with van der Waals surface area (Å²) in [7, 11) is 0. The van der Waals surface area contributed by atoms with Crippen LogP contribution in [0.25, 0.3) is 4.96 Å². The van der Waals surface area contributed by atoms with Gasteiger partial charge in [-0.05, 0) is 32.2 Å². The highest BCUT2D eigenvalue weighted by Gasteiger charge is 2.30. The van der Waals surface area contributed by atoms with Gasteiger partial charge in [-0.2, -0.15) is 0 Å². The molecule has 0 saturated heterocycles. The summed E-state index contributed by atoms with van der Waals surface area (Å²) in [6.07, 6.45) is 6.15. The minimum Gasteiger partial charge on any atom is -0.393 e. The number of aliphatic hydroxyl groups excluding tert-OH is 1. The Morgan fingerprint density at radius 1 is 1.58 bits per heavy atom. The first-order valence-corrected chi connectivity index (χ1v) is 8.00. The third-order valence-electron chi connectivity index (χ3n) is 3.77. The van der Waals surface area contributed by atoms with Gasteiger partial charge in [-0.25, -0.2) is 4.98 Å². The fourth-order valence-electron chi connectivity index (χ4n) is 2.39. The zero-order valence-electron chi connectivity index (χ0n) is 11.3. The number of fused-ring (bicyclic) bond motifs is 1. The van der Waals surface area contributed by atoms with Gasteiger partial charge in [-0.1, -0.05) is 6.92 Å². The van der Waals surface area contributed by atoms with Gasteiger partial charge < -0.3 is 10.4 Å². The van der Waals surface area contributed by atoms with Crippen LogP contribution in [0.5, 0.6) is 0 Å². The summed E-state index contributed by atoms with van der Waals surface area (Å²) in [6, 6.07) is 0. The molecule has 19 heavy (non-hydrogen) atoms. The van der Waals surface area contributed by atoms with Crippen LogP contribution in [0, 0.1) is 0 Å². The zero-order chi connectivity index (χ0) is 13.2. The zero-order valence-corrected chi connectivity index (χ0v) is 12.1. The molecular formula is C14H21N3OS. The van der Waals surface area contributed by atoms with Gasteiger partial charge in [0.05, 0.1) is 17.5 Å². The molecule has 2 heterocycles. The highest BCUT2D eigenvalue weighted by molar-refractivity contribution is 7.15. The Kier molecular flexibility index (Phi) is 3.86. The largest absolute Gasteiger partial charge is 0.393 e. The molecule has 3 rings (SSSR count). The van der Waals surface area contributed by atoms with Crippen LogP contribution in [-0.4, -0.2) is 27.1 Å². The molecule has 2 aromatic rings. The van der Waals surface area contributed by atoms with Gasteiger partial charge in [0, 0.05) is 24.0 Å². The van der Waals surface area contributed by atoms with Crippen LogP contribution in [0.15, 0.2) is 11.6 Å². The highest BCUT2D eigenvalue weighted by atomic mass is 32.1. The third kappa shape index (κ3) is 2.83. The Hall–Kier alpha value is -0.910. The van der Waals surface area contributed by atoms with E-state index in [4.69, 9.17) is 4.98 Å². The lowest BCUT2D eigenvalue weighted by atomic mass is 10.2. The maximum absolute atomic E-state index is 9.55. The number of nitrogens with zero attached hydrogens (tertiary/aromatic N) is 2. The van der Waals surface area contributed by atoms with Gasteiger partial charge in [0.1, 0.15) is 0 Å². The predicted molar refractivity (Wildman–Crippen MR) is 77.7 cm³/mol. The van der Waals surface area contributed by atoms with Crippen molar-refractivity contribution in [1.82, 2.24) is 14.7 Å². The maximum Gasteiger partial charge on any atom is 0.194 e. The monoisotopic (exact) mass is 279 g/mol. The molecule has 0 spiro atoms. The van der Waals surface area contributed by atoms with E-state index < -0.39 is 0 Å². The summed E-state index contributed by atoms with van der Waals surface area (Å²) in [5.41, 5.74) is 2.60. The predicted octanol–water partition coefficient (Wildman–Crippen LogP) is 2.52. The Morgan fingerprint density at radius 3 is 3.16 bits per heavy atom. The van der Waals surface area contributed by atoms with E-state index in [2.05, 4.69) is 21.3 Å². The maximum atomic E-state index is 9.55. The minimum absolute atomic E-state index is 0.179. The molecule has 1 fully saturated rings. The molecule has 0 aliphatic heterocycles. The Bertz CT molecular complexity index is 544. The van der Waals surface area contributed by atoms with Crippen molar-refractivity contribution in [1.29, 1.82) is 0 Å². The number of hydrogen-bond acceptors (Lipinski definition) is 4. The fourth-order valence-corrected chi connectivity index (χ4v) is 3.13. The molecule has 104 valence electrons. The molecule has 1 aliphatic rings. The normalized spacial score (nSPS) is 17.2. The van der Waals surface area contributed by atoms with E-state index >= 15 is 0 Å². The van der Waals surface area contributed by atoms with Crippen molar-refractivity contribution < 1.29 is 5.11 Å².